The van der Waals surface area contributed by atoms with Crippen LogP contribution in [0.3, 0.4) is 0 Å². The molecule has 3 rings (SSSR count). The third kappa shape index (κ3) is 6.20. The number of rotatable bonds is 10. The van der Waals surface area contributed by atoms with Gasteiger partial charge in [0.2, 0.25) is 21.8 Å². The van der Waals surface area contributed by atoms with Crippen LogP contribution in [-0.2, 0) is 26.2 Å². The smallest absolute Gasteiger partial charge is 0.243 e. The Kier molecular flexibility index (Phi) is 8.09. The molecule has 2 aromatic rings. The zero-order chi connectivity index (χ0) is 23.1. The van der Waals surface area contributed by atoms with Gasteiger partial charge in [-0.1, -0.05) is 44.9 Å². The van der Waals surface area contributed by atoms with Crippen molar-refractivity contribution in [3.05, 3.63) is 54.5 Å². The molecule has 0 bridgehead atoms. The van der Waals surface area contributed by atoms with Crippen LogP contribution in [0.5, 0.6) is 0 Å². The van der Waals surface area contributed by atoms with E-state index in [1.54, 1.807) is 30.3 Å². The van der Waals surface area contributed by atoms with E-state index < -0.39 is 28.5 Å². The number of carbonyl (C=O) groups excluding carboxylic acids is 2. The third-order valence-corrected chi connectivity index (χ3v) is 7.05. The second-order valence-corrected chi connectivity index (χ2v) is 10.2. The Bertz CT molecular complexity index is 984. The molecule has 1 aliphatic carbocycles. The summed E-state index contributed by atoms with van der Waals surface area (Å²) in [5.74, 6) is -0.386. The maximum atomic E-state index is 13.2. The van der Waals surface area contributed by atoms with Gasteiger partial charge in [0.25, 0.3) is 0 Å². The van der Waals surface area contributed by atoms with Crippen LogP contribution in [0, 0.1) is 5.92 Å². The predicted molar refractivity (Wildman–Crippen MR) is 120 cm³/mol. The first kappa shape index (κ1) is 24.0. The van der Waals surface area contributed by atoms with E-state index in [0.717, 1.165) is 25.7 Å². The highest BCUT2D eigenvalue weighted by molar-refractivity contribution is 7.89. The summed E-state index contributed by atoms with van der Waals surface area (Å²) in [5, 5.41) is 3.07. The topological polar surface area (TPSA) is 109 Å². The molecule has 2 amide bonds. The molecule has 0 radical (unpaired) electrons. The van der Waals surface area contributed by atoms with Crippen molar-refractivity contribution in [2.45, 2.75) is 63.1 Å². The maximum Gasteiger partial charge on any atom is 0.243 e. The second kappa shape index (κ2) is 10.8. The highest BCUT2D eigenvalue weighted by Crippen LogP contribution is 2.21. The van der Waals surface area contributed by atoms with Crippen molar-refractivity contribution in [1.29, 1.82) is 0 Å². The Morgan fingerprint density at radius 2 is 1.78 bits per heavy atom. The maximum absolute atomic E-state index is 13.2. The standard InChI is InChI=1S/C23H31N3O5S/c1-17(2)22(23(28)25-18-9-6-7-10-18)26(16-19-11-8-14-31-19)21(27)15-24-32(29,30)20-12-4-3-5-13-20/h3-5,8,11-14,17-18,22,24H,6-7,9-10,15-16H2,1-2H3,(H,25,28)/t22-/m0/s1. The molecule has 1 heterocycles. The van der Waals surface area contributed by atoms with E-state index in [4.69, 9.17) is 4.42 Å². The van der Waals surface area contributed by atoms with Gasteiger partial charge < -0.3 is 14.6 Å². The van der Waals surface area contributed by atoms with Crippen molar-refractivity contribution in [3.63, 3.8) is 0 Å². The van der Waals surface area contributed by atoms with Crippen LogP contribution in [0.4, 0.5) is 0 Å². The fourth-order valence-corrected chi connectivity index (χ4v) is 5.01. The monoisotopic (exact) mass is 461 g/mol. The molecule has 0 spiro atoms. The van der Waals surface area contributed by atoms with Crippen molar-refractivity contribution in [1.82, 2.24) is 14.9 Å². The average Bonchev–Trinajstić information content (AvgIpc) is 3.46. The first-order valence-corrected chi connectivity index (χ1v) is 12.4. The SMILES string of the molecule is CC(C)[C@@H](C(=O)NC1CCCC1)N(Cc1ccco1)C(=O)CNS(=O)(=O)c1ccccc1. The van der Waals surface area contributed by atoms with E-state index in [1.165, 1.54) is 23.3 Å². The molecule has 2 N–H and O–H groups in total. The minimum Gasteiger partial charge on any atom is -0.467 e. The summed E-state index contributed by atoms with van der Waals surface area (Å²) < 4.78 is 32.9. The first-order chi connectivity index (χ1) is 15.3. The van der Waals surface area contributed by atoms with E-state index in [9.17, 15) is 18.0 Å². The van der Waals surface area contributed by atoms with Gasteiger partial charge in [-0.25, -0.2) is 13.1 Å². The Hall–Kier alpha value is -2.65. The molecule has 8 nitrogen and oxygen atoms in total. The van der Waals surface area contributed by atoms with Gasteiger partial charge in [0, 0.05) is 6.04 Å². The average molecular weight is 462 g/mol. The predicted octanol–water partition coefficient (Wildman–Crippen LogP) is 2.67. The van der Waals surface area contributed by atoms with E-state index in [-0.39, 0.29) is 29.3 Å². The molecule has 174 valence electrons. The lowest BCUT2D eigenvalue weighted by atomic mass is 10.00. The molecule has 1 aliphatic rings. The first-order valence-electron chi connectivity index (χ1n) is 10.9. The number of nitrogens with one attached hydrogen (secondary N) is 2. The summed E-state index contributed by atoms with van der Waals surface area (Å²) in [6.45, 7) is 3.35. The molecule has 1 saturated carbocycles. The van der Waals surface area contributed by atoms with Gasteiger partial charge in [-0.05, 0) is 43.0 Å². The zero-order valence-corrected chi connectivity index (χ0v) is 19.3. The normalized spacial score (nSPS) is 15.6. The number of sulfonamides is 1. The van der Waals surface area contributed by atoms with Crippen LogP contribution in [0.25, 0.3) is 0 Å². The molecule has 0 saturated heterocycles. The number of hydrogen-bond donors (Lipinski definition) is 2. The number of furan rings is 1. The largest absolute Gasteiger partial charge is 0.467 e. The van der Waals surface area contributed by atoms with E-state index in [2.05, 4.69) is 10.0 Å². The second-order valence-electron chi connectivity index (χ2n) is 8.42. The quantitative estimate of drug-likeness (QED) is 0.565. The summed E-state index contributed by atoms with van der Waals surface area (Å²) >= 11 is 0. The summed E-state index contributed by atoms with van der Waals surface area (Å²) in [7, 11) is -3.86. The summed E-state index contributed by atoms with van der Waals surface area (Å²) in [5.41, 5.74) is 0. The van der Waals surface area contributed by atoms with Crippen LogP contribution >= 0.6 is 0 Å². The lowest BCUT2D eigenvalue weighted by Crippen LogP contribution is -2.55. The molecule has 9 heteroatoms. The van der Waals surface area contributed by atoms with Crippen LogP contribution < -0.4 is 10.0 Å². The van der Waals surface area contributed by atoms with Crippen LogP contribution in [0.1, 0.15) is 45.3 Å². The third-order valence-electron chi connectivity index (χ3n) is 5.63. The van der Waals surface area contributed by atoms with Crippen LogP contribution in [0.15, 0.2) is 58.0 Å². The Morgan fingerprint density at radius 1 is 1.09 bits per heavy atom. The Labute approximate surface area is 189 Å². The van der Waals surface area contributed by atoms with Crippen molar-refractivity contribution < 1.29 is 22.4 Å². The zero-order valence-electron chi connectivity index (χ0n) is 18.5. The van der Waals surface area contributed by atoms with E-state index in [0.29, 0.717) is 5.76 Å². The van der Waals surface area contributed by atoms with Gasteiger partial charge in [-0.2, -0.15) is 0 Å². The Morgan fingerprint density at radius 3 is 2.38 bits per heavy atom. The molecule has 1 fully saturated rings. The Balaban J connectivity index is 1.78. The van der Waals surface area contributed by atoms with Crippen molar-refractivity contribution in [3.8, 4) is 0 Å². The number of hydrogen-bond acceptors (Lipinski definition) is 5. The molecular formula is C23H31N3O5S. The van der Waals surface area contributed by atoms with Gasteiger partial charge in [-0.15, -0.1) is 0 Å². The number of carbonyl (C=O) groups is 2. The summed E-state index contributed by atoms with van der Waals surface area (Å²) in [4.78, 5) is 27.9. The van der Waals surface area contributed by atoms with Gasteiger partial charge >= 0.3 is 0 Å². The van der Waals surface area contributed by atoms with Crippen LogP contribution in [0.2, 0.25) is 0 Å². The molecular weight excluding hydrogens is 430 g/mol. The summed E-state index contributed by atoms with van der Waals surface area (Å²) in [6, 6.07) is 10.6. The molecule has 0 aliphatic heterocycles. The molecule has 0 unspecified atom stereocenters. The van der Waals surface area contributed by atoms with Crippen LogP contribution in [-0.4, -0.2) is 43.8 Å². The lowest BCUT2D eigenvalue weighted by molar-refractivity contribution is -0.142. The van der Waals surface area contributed by atoms with Gasteiger partial charge in [0.1, 0.15) is 11.8 Å². The van der Waals surface area contributed by atoms with Gasteiger partial charge in [0.15, 0.2) is 0 Å². The van der Waals surface area contributed by atoms with E-state index >= 15 is 0 Å². The fourth-order valence-electron chi connectivity index (χ4n) is 4.01. The summed E-state index contributed by atoms with van der Waals surface area (Å²) in [6.07, 6.45) is 5.51. The molecule has 1 aromatic carbocycles. The molecule has 1 atom stereocenters. The highest BCUT2D eigenvalue weighted by Gasteiger charge is 2.34. The van der Waals surface area contributed by atoms with E-state index in [1.807, 2.05) is 13.8 Å². The van der Waals surface area contributed by atoms with Crippen molar-refractivity contribution in [2.75, 3.05) is 6.54 Å². The highest BCUT2D eigenvalue weighted by atomic mass is 32.2. The minimum absolute atomic E-state index is 0.0693. The van der Waals surface area contributed by atoms with Gasteiger partial charge in [-0.3, -0.25) is 9.59 Å². The van der Waals surface area contributed by atoms with Crippen molar-refractivity contribution >= 4 is 21.8 Å². The fraction of sp³-hybridized carbons (Fsp3) is 0.478. The molecule has 32 heavy (non-hydrogen) atoms. The lowest BCUT2D eigenvalue weighted by Gasteiger charge is -2.34. The number of benzene rings is 1. The molecule has 1 aromatic heterocycles. The number of amides is 2. The van der Waals surface area contributed by atoms with Gasteiger partial charge in [0.05, 0.1) is 24.2 Å². The number of nitrogens with zero attached hydrogens (tertiary/aromatic N) is 1. The minimum atomic E-state index is -3.86. The van der Waals surface area contributed by atoms with Crippen molar-refractivity contribution in [2.24, 2.45) is 5.92 Å².